The van der Waals surface area contributed by atoms with Crippen LogP contribution in [0, 0.1) is 0 Å². The molecule has 1 aliphatic heterocycles. The van der Waals surface area contributed by atoms with E-state index in [9.17, 15) is 0 Å². The molecule has 1 fully saturated rings. The minimum Gasteiger partial charge on any atom is -0.493 e. The van der Waals surface area contributed by atoms with Crippen molar-refractivity contribution in [3.8, 4) is 11.5 Å². The smallest absolute Gasteiger partial charge is 0.165 e. The summed E-state index contributed by atoms with van der Waals surface area (Å²) < 4.78 is 10.9. The molecule has 24 heavy (non-hydrogen) atoms. The molecule has 3 rings (SSSR count). The summed E-state index contributed by atoms with van der Waals surface area (Å²) in [5.41, 5.74) is 1.11. The Morgan fingerprint density at radius 3 is 2.88 bits per heavy atom. The Morgan fingerprint density at radius 2 is 2.12 bits per heavy atom. The fourth-order valence-electron chi connectivity index (χ4n) is 3.16. The highest BCUT2D eigenvalue weighted by Gasteiger charge is 2.21. The quantitative estimate of drug-likeness (QED) is 0.878. The van der Waals surface area contributed by atoms with Crippen molar-refractivity contribution in [2.75, 3.05) is 32.2 Å². The summed E-state index contributed by atoms with van der Waals surface area (Å²) in [5.74, 6) is 2.51. The summed E-state index contributed by atoms with van der Waals surface area (Å²) in [6, 6.07) is 10.3. The molecule has 1 aromatic heterocycles. The molecule has 6 heteroatoms. The highest BCUT2D eigenvalue weighted by Crippen LogP contribution is 2.30. The van der Waals surface area contributed by atoms with Crippen LogP contribution < -0.4 is 19.7 Å². The summed E-state index contributed by atoms with van der Waals surface area (Å²) in [7, 11) is 3.34. The number of aromatic nitrogens is 2. The van der Waals surface area contributed by atoms with E-state index in [-0.39, 0.29) is 0 Å². The van der Waals surface area contributed by atoms with Crippen LogP contribution >= 0.6 is 0 Å². The van der Waals surface area contributed by atoms with Gasteiger partial charge in [-0.1, -0.05) is 12.1 Å². The first-order valence-corrected chi connectivity index (χ1v) is 8.27. The molecule has 0 bridgehead atoms. The lowest BCUT2D eigenvalue weighted by Gasteiger charge is -2.33. The van der Waals surface area contributed by atoms with Gasteiger partial charge in [-0.25, -0.2) is 0 Å². The van der Waals surface area contributed by atoms with E-state index in [1.54, 1.807) is 20.4 Å². The summed E-state index contributed by atoms with van der Waals surface area (Å²) in [5, 5.41) is 11.8. The van der Waals surface area contributed by atoms with Crippen LogP contribution in [-0.2, 0) is 6.54 Å². The van der Waals surface area contributed by atoms with E-state index in [2.05, 4.69) is 26.5 Å². The van der Waals surface area contributed by atoms with Gasteiger partial charge in [-0.2, -0.15) is 5.10 Å². The summed E-state index contributed by atoms with van der Waals surface area (Å²) in [6.45, 7) is 2.71. The number of hydrogen-bond acceptors (Lipinski definition) is 6. The fraction of sp³-hybridized carbons (Fsp3) is 0.444. The number of methoxy groups -OCH3 is 2. The first-order valence-electron chi connectivity index (χ1n) is 8.27. The van der Waals surface area contributed by atoms with Crippen molar-refractivity contribution in [2.45, 2.75) is 25.4 Å². The maximum absolute atomic E-state index is 5.50. The molecule has 1 aliphatic rings. The van der Waals surface area contributed by atoms with E-state index < -0.39 is 0 Å². The van der Waals surface area contributed by atoms with Crippen LogP contribution in [0.4, 0.5) is 5.82 Å². The molecule has 0 saturated carbocycles. The number of rotatable bonds is 6. The van der Waals surface area contributed by atoms with Crippen molar-refractivity contribution in [1.29, 1.82) is 0 Å². The third-order valence-electron chi connectivity index (χ3n) is 4.37. The van der Waals surface area contributed by atoms with Crippen molar-refractivity contribution >= 4 is 5.82 Å². The van der Waals surface area contributed by atoms with E-state index in [4.69, 9.17) is 9.47 Å². The molecule has 0 aliphatic carbocycles. The average molecular weight is 328 g/mol. The van der Waals surface area contributed by atoms with Crippen LogP contribution in [0.1, 0.15) is 18.4 Å². The molecule has 1 atom stereocenters. The van der Waals surface area contributed by atoms with Crippen LogP contribution in [0.15, 0.2) is 36.5 Å². The van der Waals surface area contributed by atoms with E-state index in [1.807, 2.05) is 24.3 Å². The Morgan fingerprint density at radius 1 is 1.21 bits per heavy atom. The molecule has 128 valence electrons. The third-order valence-corrected chi connectivity index (χ3v) is 4.37. The van der Waals surface area contributed by atoms with Crippen LogP contribution in [-0.4, -0.2) is 43.5 Å². The van der Waals surface area contributed by atoms with Gasteiger partial charge in [0.15, 0.2) is 17.3 Å². The van der Waals surface area contributed by atoms with Crippen molar-refractivity contribution in [2.24, 2.45) is 0 Å². The standard InChI is InChI=1S/C18H24N4O2/c1-23-16-8-3-6-14(18(16)24-2)12-19-15-7-5-11-22(13-15)17-9-4-10-20-21-17/h3-4,6,8-10,15,19H,5,7,11-13H2,1-2H3/t15-/m1/s1. The van der Waals surface area contributed by atoms with Gasteiger partial charge in [0, 0.05) is 37.4 Å². The third kappa shape index (κ3) is 3.76. The largest absolute Gasteiger partial charge is 0.493 e. The average Bonchev–Trinajstić information content (AvgIpc) is 2.66. The molecule has 1 saturated heterocycles. The zero-order valence-electron chi connectivity index (χ0n) is 14.2. The zero-order valence-corrected chi connectivity index (χ0v) is 14.2. The van der Waals surface area contributed by atoms with Gasteiger partial charge in [0.25, 0.3) is 0 Å². The van der Waals surface area contributed by atoms with Gasteiger partial charge in [0.2, 0.25) is 0 Å². The van der Waals surface area contributed by atoms with E-state index in [0.717, 1.165) is 55.4 Å². The molecule has 2 heterocycles. The Balaban J connectivity index is 1.63. The first-order chi connectivity index (χ1) is 11.8. The highest BCUT2D eigenvalue weighted by atomic mass is 16.5. The number of benzene rings is 1. The topological polar surface area (TPSA) is 59.5 Å². The Kier molecular flexibility index (Phi) is 5.48. The lowest BCUT2D eigenvalue weighted by atomic mass is 10.0. The minimum absolute atomic E-state index is 0.414. The summed E-state index contributed by atoms with van der Waals surface area (Å²) >= 11 is 0. The van der Waals surface area contributed by atoms with Gasteiger partial charge in [-0.15, -0.1) is 5.10 Å². The Labute approximate surface area is 142 Å². The fourth-order valence-corrected chi connectivity index (χ4v) is 3.16. The highest BCUT2D eigenvalue weighted by molar-refractivity contribution is 5.46. The van der Waals surface area contributed by atoms with Crippen molar-refractivity contribution in [3.05, 3.63) is 42.1 Å². The van der Waals surface area contributed by atoms with Crippen LogP contribution in [0.3, 0.4) is 0 Å². The first kappa shape index (κ1) is 16.5. The van der Waals surface area contributed by atoms with Crippen LogP contribution in [0.25, 0.3) is 0 Å². The SMILES string of the molecule is COc1cccc(CN[C@@H]2CCCN(c3cccnn3)C2)c1OC. The molecule has 0 amide bonds. The van der Waals surface area contributed by atoms with E-state index in [0.29, 0.717) is 6.04 Å². The molecular formula is C18H24N4O2. The predicted molar refractivity (Wildman–Crippen MR) is 93.7 cm³/mol. The zero-order chi connectivity index (χ0) is 16.8. The maximum atomic E-state index is 5.50. The van der Waals surface area contributed by atoms with E-state index >= 15 is 0 Å². The van der Waals surface area contributed by atoms with Crippen LogP contribution in [0.5, 0.6) is 11.5 Å². The van der Waals surface area contributed by atoms with Crippen molar-refractivity contribution in [3.63, 3.8) is 0 Å². The number of piperidine rings is 1. The second-order valence-corrected chi connectivity index (χ2v) is 5.90. The lowest BCUT2D eigenvalue weighted by molar-refractivity contribution is 0.348. The predicted octanol–water partition coefficient (Wildman–Crippen LogP) is 2.25. The molecule has 6 nitrogen and oxygen atoms in total. The van der Waals surface area contributed by atoms with Gasteiger partial charge in [0.05, 0.1) is 14.2 Å². The Bertz CT molecular complexity index is 651. The molecular weight excluding hydrogens is 304 g/mol. The molecule has 0 unspecified atom stereocenters. The number of nitrogens with one attached hydrogen (secondary N) is 1. The Hall–Kier alpha value is -2.34. The lowest BCUT2D eigenvalue weighted by Crippen LogP contribution is -2.45. The van der Waals surface area contributed by atoms with Crippen LogP contribution in [0.2, 0.25) is 0 Å². The minimum atomic E-state index is 0.414. The molecule has 2 aromatic rings. The molecule has 0 radical (unpaired) electrons. The van der Waals surface area contributed by atoms with Gasteiger partial charge in [-0.3, -0.25) is 0 Å². The number of para-hydroxylation sites is 1. The molecule has 0 spiro atoms. The molecule has 1 N–H and O–H groups in total. The van der Waals surface area contributed by atoms with Gasteiger partial charge in [0.1, 0.15) is 0 Å². The number of nitrogens with zero attached hydrogens (tertiary/aromatic N) is 3. The molecule has 1 aromatic carbocycles. The van der Waals surface area contributed by atoms with E-state index in [1.165, 1.54) is 0 Å². The normalized spacial score (nSPS) is 17.6. The summed E-state index contributed by atoms with van der Waals surface area (Å²) in [4.78, 5) is 2.29. The van der Waals surface area contributed by atoms with Crippen molar-refractivity contribution in [1.82, 2.24) is 15.5 Å². The number of anilines is 1. The summed E-state index contributed by atoms with van der Waals surface area (Å²) in [6.07, 6.45) is 4.00. The second kappa shape index (κ2) is 7.97. The number of hydrogen-bond donors (Lipinski definition) is 1. The van der Waals surface area contributed by atoms with Gasteiger partial charge < -0.3 is 19.7 Å². The monoisotopic (exact) mass is 328 g/mol. The van der Waals surface area contributed by atoms with Crippen molar-refractivity contribution < 1.29 is 9.47 Å². The number of ether oxygens (including phenoxy) is 2. The maximum Gasteiger partial charge on any atom is 0.165 e. The van der Waals surface area contributed by atoms with Gasteiger partial charge in [-0.05, 0) is 31.0 Å². The second-order valence-electron chi connectivity index (χ2n) is 5.90. The van der Waals surface area contributed by atoms with Gasteiger partial charge >= 0.3 is 0 Å².